The lowest BCUT2D eigenvalue weighted by Gasteiger charge is -2.45. The highest BCUT2D eigenvalue weighted by molar-refractivity contribution is 7.92. The van der Waals surface area contributed by atoms with Crippen molar-refractivity contribution < 1.29 is 26.7 Å². The smallest absolute Gasteiger partial charge is 0.223 e. The van der Waals surface area contributed by atoms with Crippen LogP contribution in [-0.4, -0.2) is 50.3 Å². The molecule has 5 nitrogen and oxygen atoms in total. The van der Waals surface area contributed by atoms with E-state index in [9.17, 15) is 17.6 Å². The Morgan fingerprint density at radius 1 is 1.09 bits per heavy atom. The van der Waals surface area contributed by atoms with Crippen molar-refractivity contribution in [3.63, 3.8) is 0 Å². The Morgan fingerprint density at radius 3 is 2.36 bits per heavy atom. The quantitative estimate of drug-likeness (QED) is 0.570. The minimum absolute atomic E-state index is 0.00454. The molecule has 1 aliphatic heterocycles. The zero-order valence-electron chi connectivity index (χ0n) is 18.3. The standard InChI is InChI=1S/C24H28ClF2NO4S/c25-18-1-4-20(5-2-18)33(30,31)24(21-16-19(26)3-6-22(21)27)9-7-17(8-10-24)15-23(29)28-11-13-32-14-12-28/h1-6,17,21H,7-16H2. The zero-order chi connectivity index (χ0) is 23.6. The first kappa shape index (κ1) is 24.4. The lowest BCUT2D eigenvalue weighted by atomic mass is 9.71. The van der Waals surface area contributed by atoms with E-state index >= 15 is 4.39 Å². The van der Waals surface area contributed by atoms with E-state index in [0.717, 1.165) is 12.2 Å². The minimum atomic E-state index is -4.01. The first-order valence-corrected chi connectivity index (χ1v) is 13.2. The normalized spacial score (nSPS) is 28.8. The number of carbonyl (C=O) groups excluding carboxylic acids is 1. The maximum absolute atomic E-state index is 15.0. The van der Waals surface area contributed by atoms with Gasteiger partial charge in [-0.05, 0) is 68.0 Å². The average Bonchev–Trinajstić information content (AvgIpc) is 2.82. The number of carbonyl (C=O) groups is 1. The van der Waals surface area contributed by atoms with Crippen LogP contribution < -0.4 is 0 Å². The molecule has 9 heteroatoms. The van der Waals surface area contributed by atoms with Crippen molar-refractivity contribution in [3.8, 4) is 0 Å². The lowest BCUT2D eigenvalue weighted by molar-refractivity contribution is -0.136. The molecule has 1 aromatic rings. The van der Waals surface area contributed by atoms with E-state index in [0.29, 0.717) is 50.6 Å². The summed E-state index contributed by atoms with van der Waals surface area (Å²) >= 11 is 5.94. The van der Waals surface area contributed by atoms with Crippen molar-refractivity contribution in [1.29, 1.82) is 0 Å². The average molecular weight is 500 g/mol. The summed E-state index contributed by atoms with van der Waals surface area (Å²) in [5.74, 6) is -2.20. The molecular formula is C24H28ClF2NO4S. The van der Waals surface area contributed by atoms with Crippen molar-refractivity contribution in [2.75, 3.05) is 26.3 Å². The summed E-state index contributed by atoms with van der Waals surface area (Å²) in [7, 11) is -4.01. The Balaban J connectivity index is 1.59. The molecule has 1 heterocycles. The van der Waals surface area contributed by atoms with Crippen LogP contribution in [0.5, 0.6) is 0 Å². The molecule has 2 aliphatic carbocycles. The van der Waals surface area contributed by atoms with Crippen molar-refractivity contribution in [2.45, 2.75) is 48.2 Å². The van der Waals surface area contributed by atoms with Crippen LogP contribution in [0.4, 0.5) is 8.78 Å². The van der Waals surface area contributed by atoms with Crippen LogP contribution in [0.3, 0.4) is 0 Å². The Hall–Kier alpha value is -1.77. The Kier molecular flexibility index (Phi) is 7.26. The number of benzene rings is 1. The third-order valence-corrected chi connectivity index (χ3v) is 10.1. The van der Waals surface area contributed by atoms with Gasteiger partial charge in [0, 0.05) is 36.9 Å². The van der Waals surface area contributed by atoms with Gasteiger partial charge in [0.1, 0.15) is 11.7 Å². The Labute approximate surface area is 198 Å². The maximum Gasteiger partial charge on any atom is 0.223 e. The van der Waals surface area contributed by atoms with Gasteiger partial charge in [-0.25, -0.2) is 17.2 Å². The van der Waals surface area contributed by atoms with E-state index in [1.807, 2.05) is 0 Å². The predicted molar refractivity (Wildman–Crippen MR) is 122 cm³/mol. The van der Waals surface area contributed by atoms with Gasteiger partial charge in [-0.3, -0.25) is 4.79 Å². The maximum atomic E-state index is 15.0. The van der Waals surface area contributed by atoms with Gasteiger partial charge in [0.2, 0.25) is 5.91 Å². The number of sulfone groups is 1. The van der Waals surface area contributed by atoms with E-state index in [1.54, 1.807) is 4.90 Å². The fourth-order valence-corrected chi connectivity index (χ4v) is 7.73. The van der Waals surface area contributed by atoms with Gasteiger partial charge >= 0.3 is 0 Å². The second kappa shape index (κ2) is 9.84. The summed E-state index contributed by atoms with van der Waals surface area (Å²) in [5, 5.41) is 0.394. The molecule has 0 spiro atoms. The van der Waals surface area contributed by atoms with Crippen molar-refractivity contribution in [3.05, 3.63) is 53.1 Å². The van der Waals surface area contributed by atoms with E-state index in [4.69, 9.17) is 16.3 Å². The summed E-state index contributed by atoms with van der Waals surface area (Å²) < 4.78 is 60.8. The molecule has 1 aromatic carbocycles. The molecule has 1 unspecified atom stereocenters. The van der Waals surface area contributed by atoms with Gasteiger partial charge in [0.05, 0.1) is 22.9 Å². The number of rotatable bonds is 5. The van der Waals surface area contributed by atoms with Crippen molar-refractivity contribution in [1.82, 2.24) is 4.90 Å². The predicted octanol–water partition coefficient (Wildman–Crippen LogP) is 5.02. The largest absolute Gasteiger partial charge is 0.378 e. The molecule has 4 rings (SSSR count). The minimum Gasteiger partial charge on any atom is -0.378 e. The van der Waals surface area contributed by atoms with Gasteiger partial charge in [-0.1, -0.05) is 11.6 Å². The number of amides is 1. The molecule has 2 fully saturated rings. The van der Waals surface area contributed by atoms with Crippen molar-refractivity contribution >= 4 is 27.3 Å². The van der Waals surface area contributed by atoms with E-state index in [1.165, 1.54) is 24.3 Å². The van der Waals surface area contributed by atoms with E-state index in [2.05, 4.69) is 0 Å². The number of allylic oxidation sites excluding steroid dienone is 4. The number of nitrogens with zero attached hydrogens (tertiary/aromatic N) is 1. The molecular weight excluding hydrogens is 472 g/mol. The molecule has 1 atom stereocenters. The second-order valence-electron chi connectivity index (χ2n) is 9.08. The fraction of sp³-hybridized carbons (Fsp3) is 0.542. The molecule has 3 aliphatic rings. The fourth-order valence-electron chi connectivity index (χ4n) is 5.30. The van der Waals surface area contributed by atoms with Gasteiger partial charge in [0.15, 0.2) is 9.84 Å². The highest BCUT2D eigenvalue weighted by Gasteiger charge is 2.54. The van der Waals surface area contributed by atoms with Crippen molar-refractivity contribution in [2.24, 2.45) is 11.8 Å². The molecule has 180 valence electrons. The SMILES string of the molecule is O=C(CC1CCC(C2CC(F)=CC=C2F)(S(=O)(=O)c2ccc(Cl)cc2)CC1)N1CCOCC1. The van der Waals surface area contributed by atoms with Crippen LogP contribution in [0.15, 0.2) is 53.0 Å². The monoisotopic (exact) mass is 499 g/mol. The molecule has 0 radical (unpaired) electrons. The Bertz CT molecular complexity index is 1040. The first-order chi connectivity index (χ1) is 15.7. The van der Waals surface area contributed by atoms with Crippen LogP contribution in [0.2, 0.25) is 5.02 Å². The third-order valence-electron chi connectivity index (χ3n) is 7.23. The Morgan fingerprint density at radius 2 is 1.73 bits per heavy atom. The summed E-state index contributed by atoms with van der Waals surface area (Å²) in [6.07, 6.45) is 3.38. The molecule has 0 bridgehead atoms. The molecule has 1 saturated carbocycles. The van der Waals surface area contributed by atoms with Crippen LogP contribution in [-0.2, 0) is 19.4 Å². The number of halogens is 3. The number of hydrogen-bond donors (Lipinski definition) is 0. The summed E-state index contributed by atoms with van der Waals surface area (Å²) in [6, 6.07) is 5.82. The zero-order valence-corrected chi connectivity index (χ0v) is 19.9. The van der Waals surface area contributed by atoms with Crippen LogP contribution in [0.25, 0.3) is 0 Å². The van der Waals surface area contributed by atoms with Crippen LogP contribution >= 0.6 is 11.6 Å². The summed E-state index contributed by atoms with van der Waals surface area (Å²) in [5.41, 5.74) is 0. The highest BCUT2D eigenvalue weighted by atomic mass is 35.5. The van der Waals surface area contributed by atoms with Gasteiger partial charge in [-0.2, -0.15) is 0 Å². The molecule has 1 saturated heterocycles. The van der Waals surface area contributed by atoms with Gasteiger partial charge < -0.3 is 9.64 Å². The third kappa shape index (κ3) is 4.88. The summed E-state index contributed by atoms with van der Waals surface area (Å²) in [4.78, 5) is 14.5. The first-order valence-electron chi connectivity index (χ1n) is 11.3. The molecule has 1 amide bonds. The van der Waals surface area contributed by atoms with E-state index in [-0.39, 0.29) is 36.0 Å². The number of morpholine rings is 1. The summed E-state index contributed by atoms with van der Waals surface area (Å²) in [6.45, 7) is 2.16. The van der Waals surface area contributed by atoms with Crippen LogP contribution in [0.1, 0.15) is 38.5 Å². The van der Waals surface area contributed by atoms with Gasteiger partial charge in [0.25, 0.3) is 0 Å². The van der Waals surface area contributed by atoms with Crippen LogP contribution in [0, 0.1) is 11.8 Å². The van der Waals surface area contributed by atoms with E-state index < -0.39 is 32.2 Å². The number of ether oxygens (including phenoxy) is 1. The topological polar surface area (TPSA) is 63.7 Å². The second-order valence-corrected chi connectivity index (χ2v) is 11.8. The molecule has 0 aromatic heterocycles. The molecule has 33 heavy (non-hydrogen) atoms. The lowest BCUT2D eigenvalue weighted by Crippen LogP contribution is -2.49. The molecule has 0 N–H and O–H groups in total. The highest BCUT2D eigenvalue weighted by Crippen LogP contribution is 2.51. The van der Waals surface area contributed by atoms with Gasteiger partial charge in [-0.15, -0.1) is 0 Å². The number of hydrogen-bond acceptors (Lipinski definition) is 4.